The first-order valence-corrected chi connectivity index (χ1v) is 7.86. The molecule has 0 aliphatic carbocycles. The fourth-order valence-corrected chi connectivity index (χ4v) is 2.76. The van der Waals surface area contributed by atoms with E-state index in [1.54, 1.807) is 0 Å². The summed E-state index contributed by atoms with van der Waals surface area (Å²) in [7, 11) is 0. The predicted octanol–water partition coefficient (Wildman–Crippen LogP) is 3.20. The van der Waals surface area contributed by atoms with Crippen molar-refractivity contribution in [3.05, 3.63) is 35.9 Å². The van der Waals surface area contributed by atoms with Gasteiger partial charge >= 0.3 is 6.09 Å². The SMILES string of the molecule is O=C(OCc1ccccc1)N1CCC(CCCCO)CC1. The van der Waals surface area contributed by atoms with Crippen LogP contribution in [0.15, 0.2) is 30.3 Å². The highest BCUT2D eigenvalue weighted by Crippen LogP contribution is 2.23. The van der Waals surface area contributed by atoms with Gasteiger partial charge in [-0.15, -0.1) is 0 Å². The third-order valence-corrected chi connectivity index (χ3v) is 4.10. The molecule has 0 atom stereocenters. The molecule has 116 valence electrons. The van der Waals surface area contributed by atoms with Crippen LogP contribution in [0.2, 0.25) is 0 Å². The van der Waals surface area contributed by atoms with E-state index >= 15 is 0 Å². The van der Waals surface area contributed by atoms with Crippen LogP contribution in [-0.4, -0.2) is 35.8 Å². The smallest absolute Gasteiger partial charge is 0.410 e. The number of nitrogens with zero attached hydrogens (tertiary/aromatic N) is 1. The van der Waals surface area contributed by atoms with Crippen molar-refractivity contribution in [3.63, 3.8) is 0 Å². The number of hydrogen-bond donors (Lipinski definition) is 1. The van der Waals surface area contributed by atoms with Gasteiger partial charge in [0.1, 0.15) is 6.61 Å². The van der Waals surface area contributed by atoms with E-state index in [0.29, 0.717) is 12.5 Å². The van der Waals surface area contributed by atoms with Crippen LogP contribution in [0.4, 0.5) is 4.79 Å². The fourth-order valence-electron chi connectivity index (χ4n) is 2.76. The third-order valence-electron chi connectivity index (χ3n) is 4.10. The second kappa shape index (κ2) is 8.67. The molecule has 0 unspecified atom stereocenters. The highest BCUT2D eigenvalue weighted by molar-refractivity contribution is 5.67. The van der Waals surface area contributed by atoms with Crippen molar-refractivity contribution in [2.24, 2.45) is 5.92 Å². The molecule has 1 heterocycles. The molecule has 0 saturated carbocycles. The summed E-state index contributed by atoms with van der Waals surface area (Å²) in [5.41, 5.74) is 1.02. The van der Waals surface area contributed by atoms with E-state index in [2.05, 4.69) is 0 Å². The van der Waals surface area contributed by atoms with Crippen LogP contribution in [0.1, 0.15) is 37.7 Å². The number of rotatable bonds is 6. The van der Waals surface area contributed by atoms with Crippen molar-refractivity contribution in [1.82, 2.24) is 4.90 Å². The lowest BCUT2D eigenvalue weighted by atomic mass is 9.92. The second-order valence-corrected chi connectivity index (χ2v) is 5.69. The van der Waals surface area contributed by atoms with E-state index in [0.717, 1.165) is 50.8 Å². The predicted molar refractivity (Wildman–Crippen MR) is 81.9 cm³/mol. The van der Waals surface area contributed by atoms with Crippen LogP contribution in [-0.2, 0) is 11.3 Å². The summed E-state index contributed by atoms with van der Waals surface area (Å²) in [6.45, 7) is 2.20. The maximum Gasteiger partial charge on any atom is 0.410 e. The van der Waals surface area contributed by atoms with E-state index in [4.69, 9.17) is 9.84 Å². The number of aliphatic hydroxyl groups is 1. The lowest BCUT2D eigenvalue weighted by molar-refractivity contribution is 0.0812. The number of carbonyl (C=O) groups excluding carboxylic acids is 1. The Morgan fingerprint density at radius 2 is 1.90 bits per heavy atom. The highest BCUT2D eigenvalue weighted by Gasteiger charge is 2.23. The molecule has 1 amide bonds. The van der Waals surface area contributed by atoms with Crippen LogP contribution >= 0.6 is 0 Å². The minimum absolute atomic E-state index is 0.201. The number of amides is 1. The normalized spacial score (nSPS) is 16.0. The molecule has 1 aliphatic heterocycles. The summed E-state index contributed by atoms with van der Waals surface area (Å²) in [4.78, 5) is 13.8. The zero-order valence-corrected chi connectivity index (χ0v) is 12.5. The molecule has 1 aromatic rings. The molecular weight excluding hydrogens is 266 g/mol. The van der Waals surface area contributed by atoms with Gasteiger partial charge in [-0.3, -0.25) is 0 Å². The number of aliphatic hydroxyl groups excluding tert-OH is 1. The fraction of sp³-hybridized carbons (Fsp3) is 0.588. The first-order valence-electron chi connectivity index (χ1n) is 7.86. The van der Waals surface area contributed by atoms with Crippen molar-refractivity contribution in [2.45, 2.75) is 38.7 Å². The van der Waals surface area contributed by atoms with E-state index < -0.39 is 0 Å². The zero-order valence-electron chi connectivity index (χ0n) is 12.5. The van der Waals surface area contributed by atoms with Crippen molar-refractivity contribution < 1.29 is 14.6 Å². The Morgan fingerprint density at radius 3 is 2.57 bits per heavy atom. The molecule has 2 rings (SSSR count). The van der Waals surface area contributed by atoms with Crippen molar-refractivity contribution in [1.29, 1.82) is 0 Å². The summed E-state index contributed by atoms with van der Waals surface area (Å²) in [5, 5.41) is 8.79. The van der Waals surface area contributed by atoms with Crippen LogP contribution in [0, 0.1) is 5.92 Å². The Bertz CT molecular complexity index is 413. The number of piperidine rings is 1. The van der Waals surface area contributed by atoms with Gasteiger partial charge in [-0.2, -0.15) is 0 Å². The molecule has 1 saturated heterocycles. The van der Waals surface area contributed by atoms with Gasteiger partial charge in [-0.05, 0) is 30.7 Å². The number of hydrogen-bond acceptors (Lipinski definition) is 3. The van der Waals surface area contributed by atoms with Gasteiger partial charge in [-0.1, -0.05) is 43.2 Å². The first kappa shape index (κ1) is 15.8. The second-order valence-electron chi connectivity index (χ2n) is 5.69. The maximum atomic E-state index is 12.0. The molecular formula is C17H25NO3. The molecule has 0 aromatic heterocycles. The summed E-state index contributed by atoms with van der Waals surface area (Å²) in [6, 6.07) is 9.76. The standard InChI is InChI=1S/C17H25NO3/c19-13-5-4-6-15-9-11-18(12-10-15)17(20)21-14-16-7-2-1-3-8-16/h1-3,7-8,15,19H,4-6,9-14H2. The summed E-state index contributed by atoms with van der Waals surface area (Å²) < 4.78 is 5.36. The molecule has 4 heteroatoms. The molecule has 0 bridgehead atoms. The molecule has 1 aliphatic rings. The Labute approximate surface area is 126 Å². The average Bonchev–Trinajstić information content (AvgIpc) is 2.54. The Hall–Kier alpha value is -1.55. The molecule has 21 heavy (non-hydrogen) atoms. The van der Waals surface area contributed by atoms with Crippen LogP contribution in [0.5, 0.6) is 0 Å². The molecule has 1 fully saturated rings. The van der Waals surface area contributed by atoms with E-state index in [1.165, 1.54) is 0 Å². The van der Waals surface area contributed by atoms with Crippen LogP contribution < -0.4 is 0 Å². The van der Waals surface area contributed by atoms with Gasteiger partial charge in [-0.25, -0.2) is 4.79 Å². The van der Waals surface area contributed by atoms with Crippen LogP contribution in [0.25, 0.3) is 0 Å². The van der Waals surface area contributed by atoms with Gasteiger partial charge in [0.05, 0.1) is 0 Å². The van der Waals surface area contributed by atoms with Gasteiger partial charge in [0.2, 0.25) is 0 Å². The Morgan fingerprint density at radius 1 is 1.19 bits per heavy atom. The van der Waals surface area contributed by atoms with Gasteiger partial charge in [0, 0.05) is 19.7 Å². The third kappa shape index (κ3) is 5.38. The lowest BCUT2D eigenvalue weighted by Crippen LogP contribution is -2.38. The van der Waals surface area contributed by atoms with E-state index in [1.807, 2.05) is 35.2 Å². The lowest BCUT2D eigenvalue weighted by Gasteiger charge is -2.31. The molecule has 0 spiro atoms. The van der Waals surface area contributed by atoms with Gasteiger partial charge < -0.3 is 14.7 Å². The van der Waals surface area contributed by atoms with Gasteiger partial charge in [0.25, 0.3) is 0 Å². The number of carbonyl (C=O) groups is 1. The largest absolute Gasteiger partial charge is 0.445 e. The van der Waals surface area contributed by atoms with Crippen LogP contribution in [0.3, 0.4) is 0 Å². The Kier molecular flexibility index (Phi) is 6.54. The number of unbranched alkanes of at least 4 members (excludes halogenated alkanes) is 1. The number of ether oxygens (including phenoxy) is 1. The quantitative estimate of drug-likeness (QED) is 0.819. The number of benzene rings is 1. The molecule has 4 nitrogen and oxygen atoms in total. The topological polar surface area (TPSA) is 49.8 Å². The number of likely N-dealkylation sites (tertiary alicyclic amines) is 1. The van der Waals surface area contributed by atoms with Crippen molar-refractivity contribution in [3.8, 4) is 0 Å². The maximum absolute atomic E-state index is 12.0. The molecule has 0 radical (unpaired) electrons. The summed E-state index contributed by atoms with van der Waals surface area (Å²) in [6.07, 6.45) is 5.03. The minimum Gasteiger partial charge on any atom is -0.445 e. The minimum atomic E-state index is -0.201. The highest BCUT2D eigenvalue weighted by atomic mass is 16.6. The van der Waals surface area contributed by atoms with Crippen molar-refractivity contribution in [2.75, 3.05) is 19.7 Å². The summed E-state index contributed by atoms with van der Waals surface area (Å²) >= 11 is 0. The average molecular weight is 291 g/mol. The molecule has 1 aromatic carbocycles. The first-order chi connectivity index (χ1) is 10.3. The van der Waals surface area contributed by atoms with Crippen molar-refractivity contribution >= 4 is 6.09 Å². The van der Waals surface area contributed by atoms with E-state index in [9.17, 15) is 4.79 Å². The van der Waals surface area contributed by atoms with E-state index in [-0.39, 0.29) is 12.7 Å². The van der Waals surface area contributed by atoms with Gasteiger partial charge in [0.15, 0.2) is 0 Å². The summed E-state index contributed by atoms with van der Waals surface area (Å²) in [5.74, 6) is 0.690. The molecule has 1 N–H and O–H groups in total. The zero-order chi connectivity index (χ0) is 14.9. The Balaban J connectivity index is 1.66. The monoisotopic (exact) mass is 291 g/mol.